The van der Waals surface area contributed by atoms with E-state index in [9.17, 15) is 4.39 Å². The van der Waals surface area contributed by atoms with Crippen LogP contribution in [0.2, 0.25) is 0 Å². The standard InChI is InChI=1S/C15H15FN2S/c1-10-7-11(2)9-14(8-10)18-15(19)17-13-5-3-12(16)4-6-13/h3-9H,1-2H3,(H2,17,18,19). The summed E-state index contributed by atoms with van der Waals surface area (Å²) in [6.07, 6.45) is 0. The molecule has 0 aliphatic rings. The molecule has 2 aromatic rings. The second-order valence-electron chi connectivity index (χ2n) is 4.46. The largest absolute Gasteiger partial charge is 0.332 e. The molecule has 0 amide bonds. The smallest absolute Gasteiger partial charge is 0.175 e. The summed E-state index contributed by atoms with van der Waals surface area (Å²) in [5.41, 5.74) is 4.04. The molecule has 0 heterocycles. The van der Waals surface area contributed by atoms with Crippen molar-refractivity contribution in [2.45, 2.75) is 13.8 Å². The zero-order chi connectivity index (χ0) is 13.8. The van der Waals surface area contributed by atoms with Gasteiger partial charge >= 0.3 is 0 Å². The lowest BCUT2D eigenvalue weighted by atomic mass is 10.1. The van der Waals surface area contributed by atoms with E-state index >= 15 is 0 Å². The monoisotopic (exact) mass is 274 g/mol. The Morgan fingerprint density at radius 2 is 1.42 bits per heavy atom. The molecule has 4 heteroatoms. The highest BCUT2D eigenvalue weighted by atomic mass is 32.1. The Kier molecular flexibility index (Phi) is 4.12. The number of halogens is 1. The zero-order valence-corrected chi connectivity index (χ0v) is 11.6. The minimum atomic E-state index is -0.265. The summed E-state index contributed by atoms with van der Waals surface area (Å²) in [6.45, 7) is 4.07. The highest BCUT2D eigenvalue weighted by Crippen LogP contribution is 2.15. The maximum absolute atomic E-state index is 12.8. The van der Waals surface area contributed by atoms with E-state index in [0.717, 1.165) is 11.4 Å². The van der Waals surface area contributed by atoms with Gasteiger partial charge in [0.15, 0.2) is 5.11 Å². The van der Waals surface area contributed by atoms with Crippen molar-refractivity contribution in [2.75, 3.05) is 10.6 Å². The summed E-state index contributed by atoms with van der Waals surface area (Å²) in [6, 6.07) is 12.2. The molecular formula is C15H15FN2S. The molecule has 2 aromatic carbocycles. The Morgan fingerprint density at radius 1 is 0.895 bits per heavy atom. The van der Waals surface area contributed by atoms with Gasteiger partial charge in [-0.25, -0.2) is 4.39 Å². The molecule has 0 unspecified atom stereocenters. The molecule has 2 rings (SSSR count). The topological polar surface area (TPSA) is 24.1 Å². The summed E-state index contributed by atoms with van der Waals surface area (Å²) in [7, 11) is 0. The number of nitrogens with one attached hydrogen (secondary N) is 2. The van der Waals surface area contributed by atoms with Crippen LogP contribution in [0, 0.1) is 19.7 Å². The van der Waals surface area contributed by atoms with Crippen LogP contribution >= 0.6 is 12.2 Å². The van der Waals surface area contributed by atoms with Gasteiger partial charge in [-0.2, -0.15) is 0 Å². The van der Waals surface area contributed by atoms with E-state index in [1.54, 1.807) is 12.1 Å². The van der Waals surface area contributed by atoms with Gasteiger partial charge in [-0.3, -0.25) is 0 Å². The normalized spacial score (nSPS) is 10.1. The van der Waals surface area contributed by atoms with Crippen molar-refractivity contribution in [3.05, 3.63) is 59.4 Å². The Hall–Kier alpha value is -1.94. The number of thiocarbonyl (C=S) groups is 1. The van der Waals surface area contributed by atoms with Gasteiger partial charge in [0.2, 0.25) is 0 Å². The second-order valence-corrected chi connectivity index (χ2v) is 4.87. The van der Waals surface area contributed by atoms with Crippen molar-refractivity contribution in [3.8, 4) is 0 Å². The van der Waals surface area contributed by atoms with E-state index in [4.69, 9.17) is 12.2 Å². The van der Waals surface area contributed by atoms with Gasteiger partial charge in [-0.05, 0) is 73.6 Å². The number of benzene rings is 2. The molecule has 0 spiro atoms. The Morgan fingerprint density at radius 3 is 2.00 bits per heavy atom. The third-order valence-corrected chi connectivity index (χ3v) is 2.79. The van der Waals surface area contributed by atoms with Gasteiger partial charge in [0.1, 0.15) is 5.82 Å². The first kappa shape index (κ1) is 13.5. The first-order valence-corrected chi connectivity index (χ1v) is 6.35. The maximum Gasteiger partial charge on any atom is 0.175 e. The molecule has 0 aliphatic carbocycles. The highest BCUT2D eigenvalue weighted by Gasteiger charge is 2.00. The minimum Gasteiger partial charge on any atom is -0.332 e. The molecule has 98 valence electrons. The lowest BCUT2D eigenvalue weighted by Gasteiger charge is -2.11. The summed E-state index contributed by atoms with van der Waals surface area (Å²) in [5, 5.41) is 6.61. The molecule has 0 atom stereocenters. The van der Waals surface area contributed by atoms with Crippen molar-refractivity contribution >= 4 is 28.7 Å². The van der Waals surface area contributed by atoms with Gasteiger partial charge in [-0.1, -0.05) is 6.07 Å². The number of anilines is 2. The van der Waals surface area contributed by atoms with Crippen LogP contribution in [0.3, 0.4) is 0 Å². The molecular weight excluding hydrogens is 259 g/mol. The quantitative estimate of drug-likeness (QED) is 0.800. The van der Waals surface area contributed by atoms with Gasteiger partial charge < -0.3 is 10.6 Å². The molecule has 0 saturated heterocycles. The van der Waals surface area contributed by atoms with Crippen molar-refractivity contribution in [1.29, 1.82) is 0 Å². The third kappa shape index (κ3) is 4.03. The molecule has 19 heavy (non-hydrogen) atoms. The Balaban J connectivity index is 2.03. The molecule has 0 saturated carbocycles. The van der Waals surface area contributed by atoms with Gasteiger partial charge in [0, 0.05) is 11.4 Å². The molecule has 2 nitrogen and oxygen atoms in total. The van der Waals surface area contributed by atoms with E-state index in [-0.39, 0.29) is 5.82 Å². The predicted octanol–water partition coefficient (Wildman–Crippen LogP) is 4.25. The lowest BCUT2D eigenvalue weighted by Crippen LogP contribution is -2.19. The zero-order valence-electron chi connectivity index (χ0n) is 10.8. The number of hydrogen-bond acceptors (Lipinski definition) is 1. The maximum atomic E-state index is 12.8. The van der Waals surface area contributed by atoms with Crippen LogP contribution in [-0.4, -0.2) is 5.11 Å². The van der Waals surface area contributed by atoms with Gasteiger partial charge in [0.25, 0.3) is 0 Å². The molecule has 0 aromatic heterocycles. The number of rotatable bonds is 2. The van der Waals surface area contributed by atoms with Crippen LogP contribution < -0.4 is 10.6 Å². The van der Waals surface area contributed by atoms with Gasteiger partial charge in [-0.15, -0.1) is 0 Å². The molecule has 0 bridgehead atoms. The van der Waals surface area contributed by atoms with Crippen molar-refractivity contribution in [1.82, 2.24) is 0 Å². The van der Waals surface area contributed by atoms with Crippen LogP contribution in [-0.2, 0) is 0 Å². The Bertz CT molecular complexity index is 573. The van der Waals surface area contributed by atoms with E-state index in [2.05, 4.69) is 16.7 Å². The van der Waals surface area contributed by atoms with Crippen LogP contribution in [0.5, 0.6) is 0 Å². The fourth-order valence-electron chi connectivity index (χ4n) is 1.87. The van der Waals surface area contributed by atoms with Crippen LogP contribution in [0.25, 0.3) is 0 Å². The van der Waals surface area contributed by atoms with E-state index in [1.165, 1.54) is 23.3 Å². The summed E-state index contributed by atoms with van der Waals surface area (Å²) in [4.78, 5) is 0. The number of hydrogen-bond donors (Lipinski definition) is 2. The average Bonchev–Trinajstić information content (AvgIpc) is 2.30. The third-order valence-electron chi connectivity index (χ3n) is 2.58. The fourth-order valence-corrected chi connectivity index (χ4v) is 2.11. The van der Waals surface area contributed by atoms with Crippen molar-refractivity contribution < 1.29 is 4.39 Å². The molecule has 0 fully saturated rings. The van der Waals surface area contributed by atoms with E-state index in [0.29, 0.717) is 5.11 Å². The molecule has 2 N–H and O–H groups in total. The lowest BCUT2D eigenvalue weighted by molar-refractivity contribution is 0.628. The van der Waals surface area contributed by atoms with Gasteiger partial charge in [0.05, 0.1) is 0 Å². The fraction of sp³-hybridized carbons (Fsp3) is 0.133. The van der Waals surface area contributed by atoms with Crippen molar-refractivity contribution in [2.24, 2.45) is 0 Å². The predicted molar refractivity (Wildman–Crippen MR) is 82.2 cm³/mol. The summed E-state index contributed by atoms with van der Waals surface area (Å²) >= 11 is 5.22. The number of aryl methyl sites for hydroxylation is 2. The Labute approximate surface area is 117 Å². The van der Waals surface area contributed by atoms with Crippen LogP contribution in [0.1, 0.15) is 11.1 Å². The molecule has 0 radical (unpaired) electrons. The van der Waals surface area contributed by atoms with E-state index in [1.807, 2.05) is 26.0 Å². The summed E-state index contributed by atoms with van der Waals surface area (Å²) < 4.78 is 12.8. The summed E-state index contributed by atoms with van der Waals surface area (Å²) in [5.74, 6) is -0.265. The highest BCUT2D eigenvalue weighted by molar-refractivity contribution is 7.80. The first-order chi connectivity index (χ1) is 9.02. The molecule has 0 aliphatic heterocycles. The van der Waals surface area contributed by atoms with Crippen LogP contribution in [0.15, 0.2) is 42.5 Å². The van der Waals surface area contributed by atoms with E-state index < -0.39 is 0 Å². The van der Waals surface area contributed by atoms with Crippen molar-refractivity contribution in [3.63, 3.8) is 0 Å². The minimum absolute atomic E-state index is 0.265. The second kappa shape index (κ2) is 5.80. The van der Waals surface area contributed by atoms with Crippen LogP contribution in [0.4, 0.5) is 15.8 Å². The average molecular weight is 274 g/mol. The first-order valence-electron chi connectivity index (χ1n) is 5.95. The SMILES string of the molecule is Cc1cc(C)cc(NC(=S)Nc2ccc(F)cc2)c1.